The fraction of sp³-hybridized carbons (Fsp3) is 0.192. The number of carbonyl (C=O) groups excluding carboxylic acids is 1. The minimum absolute atomic E-state index is 0.0460. The number of phenolic OH excluding ortho intramolecular Hbond substituents is 1. The average Bonchev–Trinajstić information content (AvgIpc) is 2.78. The van der Waals surface area contributed by atoms with Crippen LogP contribution in [0.1, 0.15) is 35.3 Å². The van der Waals surface area contributed by atoms with Gasteiger partial charge < -0.3 is 19.3 Å². The minimum atomic E-state index is -0.230. The third-order valence-electron chi connectivity index (χ3n) is 4.49. The Morgan fingerprint density at radius 3 is 2.29 bits per heavy atom. The van der Waals surface area contributed by atoms with Crippen LogP contribution in [0.2, 0.25) is 0 Å². The van der Waals surface area contributed by atoms with Gasteiger partial charge in [0.25, 0.3) is 0 Å². The summed E-state index contributed by atoms with van der Waals surface area (Å²) in [6, 6.07) is 20.0. The number of rotatable bonds is 10. The Balaban J connectivity index is 1.74. The van der Waals surface area contributed by atoms with E-state index in [-0.39, 0.29) is 11.5 Å². The number of ketones is 1. The molecule has 31 heavy (non-hydrogen) atoms. The van der Waals surface area contributed by atoms with E-state index in [0.717, 1.165) is 5.56 Å². The first kappa shape index (κ1) is 22.0. The molecule has 3 rings (SSSR count). The van der Waals surface area contributed by atoms with Crippen LogP contribution in [0.4, 0.5) is 0 Å². The predicted molar refractivity (Wildman–Crippen MR) is 121 cm³/mol. The quantitative estimate of drug-likeness (QED) is 0.340. The monoisotopic (exact) mass is 418 g/mol. The fourth-order valence-corrected chi connectivity index (χ4v) is 2.99. The molecule has 0 heterocycles. The summed E-state index contributed by atoms with van der Waals surface area (Å²) in [7, 11) is 0. The lowest BCUT2D eigenvalue weighted by Crippen LogP contribution is -2.03. The van der Waals surface area contributed by atoms with Crippen LogP contribution in [0, 0.1) is 0 Å². The van der Waals surface area contributed by atoms with E-state index in [1.54, 1.807) is 36.4 Å². The number of hydrogen-bond donors (Lipinski definition) is 1. The number of benzene rings is 3. The highest BCUT2D eigenvalue weighted by molar-refractivity contribution is 6.08. The van der Waals surface area contributed by atoms with E-state index in [2.05, 4.69) is 0 Å². The van der Waals surface area contributed by atoms with Crippen molar-refractivity contribution in [2.45, 2.75) is 20.5 Å². The van der Waals surface area contributed by atoms with Gasteiger partial charge in [0, 0.05) is 17.7 Å². The summed E-state index contributed by atoms with van der Waals surface area (Å²) in [6.45, 7) is 5.10. The van der Waals surface area contributed by atoms with E-state index < -0.39 is 0 Å². The molecule has 0 aliphatic heterocycles. The summed E-state index contributed by atoms with van der Waals surface area (Å²) >= 11 is 0. The van der Waals surface area contributed by atoms with Crippen molar-refractivity contribution in [3.05, 3.63) is 89.5 Å². The van der Waals surface area contributed by atoms with Crippen LogP contribution in [-0.4, -0.2) is 24.1 Å². The molecule has 5 heteroatoms. The molecule has 0 saturated heterocycles. The summed E-state index contributed by atoms with van der Waals surface area (Å²) in [4.78, 5) is 12.8. The second kappa shape index (κ2) is 10.9. The largest absolute Gasteiger partial charge is 0.507 e. The van der Waals surface area contributed by atoms with E-state index in [4.69, 9.17) is 14.2 Å². The molecule has 0 aromatic heterocycles. The lowest BCUT2D eigenvalue weighted by atomic mass is 10.1. The zero-order valence-corrected chi connectivity index (χ0v) is 17.7. The van der Waals surface area contributed by atoms with Gasteiger partial charge in [0.15, 0.2) is 5.78 Å². The second-order valence-electron chi connectivity index (χ2n) is 6.72. The van der Waals surface area contributed by atoms with Crippen molar-refractivity contribution >= 4 is 11.9 Å². The van der Waals surface area contributed by atoms with Gasteiger partial charge in [-0.3, -0.25) is 4.79 Å². The molecule has 0 saturated carbocycles. The van der Waals surface area contributed by atoms with Gasteiger partial charge in [-0.1, -0.05) is 30.3 Å². The molecule has 3 aromatic rings. The molecule has 0 atom stereocenters. The third kappa shape index (κ3) is 6.12. The summed E-state index contributed by atoms with van der Waals surface area (Å²) in [5.74, 6) is 1.47. The van der Waals surface area contributed by atoms with Crippen LogP contribution in [0.15, 0.2) is 72.8 Å². The highest BCUT2D eigenvalue weighted by Crippen LogP contribution is 2.28. The van der Waals surface area contributed by atoms with Crippen molar-refractivity contribution in [3.63, 3.8) is 0 Å². The smallest absolute Gasteiger partial charge is 0.189 e. The van der Waals surface area contributed by atoms with E-state index in [1.165, 1.54) is 12.1 Å². The lowest BCUT2D eigenvalue weighted by molar-refractivity contribution is 0.104. The van der Waals surface area contributed by atoms with Gasteiger partial charge in [0.1, 0.15) is 29.6 Å². The fourth-order valence-electron chi connectivity index (χ4n) is 2.99. The molecule has 5 nitrogen and oxygen atoms in total. The van der Waals surface area contributed by atoms with Gasteiger partial charge in [-0.15, -0.1) is 0 Å². The standard InChI is InChI=1S/C26H26O5/c1-3-29-21-12-10-20(25(28)16-21)11-15-24(27)23-14-13-22(17-26(23)30-4-2)31-18-19-8-6-5-7-9-19/h5-17,28H,3-4,18H2,1-2H3. The first-order chi connectivity index (χ1) is 15.1. The number of hydrogen-bond acceptors (Lipinski definition) is 5. The van der Waals surface area contributed by atoms with Gasteiger partial charge >= 0.3 is 0 Å². The molecule has 0 unspecified atom stereocenters. The molecule has 0 bridgehead atoms. The van der Waals surface area contributed by atoms with Crippen molar-refractivity contribution in [2.24, 2.45) is 0 Å². The Bertz CT molecular complexity index is 1040. The van der Waals surface area contributed by atoms with Crippen molar-refractivity contribution in [1.29, 1.82) is 0 Å². The number of allylic oxidation sites excluding steroid dienone is 1. The SMILES string of the molecule is CCOc1ccc(C=CC(=O)c2ccc(OCc3ccccc3)cc2OCC)c(O)c1. The highest BCUT2D eigenvalue weighted by Gasteiger charge is 2.12. The third-order valence-corrected chi connectivity index (χ3v) is 4.49. The topological polar surface area (TPSA) is 65.0 Å². The van der Waals surface area contributed by atoms with Gasteiger partial charge in [-0.25, -0.2) is 0 Å². The Morgan fingerprint density at radius 2 is 1.58 bits per heavy atom. The minimum Gasteiger partial charge on any atom is -0.507 e. The normalized spacial score (nSPS) is 10.8. The van der Waals surface area contributed by atoms with E-state index in [0.29, 0.717) is 48.2 Å². The Hall–Kier alpha value is -3.73. The molecule has 0 spiro atoms. The Morgan fingerprint density at radius 1 is 0.871 bits per heavy atom. The maximum Gasteiger partial charge on any atom is 0.189 e. The molecule has 0 amide bonds. The highest BCUT2D eigenvalue weighted by atomic mass is 16.5. The summed E-state index contributed by atoms with van der Waals surface area (Å²) < 4.78 is 16.9. The summed E-state index contributed by atoms with van der Waals surface area (Å²) in [6.07, 6.45) is 2.99. The number of ether oxygens (including phenoxy) is 3. The van der Waals surface area contributed by atoms with Crippen molar-refractivity contribution < 1.29 is 24.1 Å². The average molecular weight is 418 g/mol. The zero-order valence-electron chi connectivity index (χ0n) is 17.7. The molecule has 1 N–H and O–H groups in total. The van der Waals surface area contributed by atoms with Crippen molar-refractivity contribution in [3.8, 4) is 23.0 Å². The molecule has 3 aromatic carbocycles. The first-order valence-corrected chi connectivity index (χ1v) is 10.2. The van der Waals surface area contributed by atoms with Crippen molar-refractivity contribution in [1.82, 2.24) is 0 Å². The maximum atomic E-state index is 12.8. The van der Waals surface area contributed by atoms with Crippen LogP contribution in [0.3, 0.4) is 0 Å². The molecule has 0 fully saturated rings. The van der Waals surface area contributed by atoms with E-state index in [9.17, 15) is 9.90 Å². The Labute approximate surface area is 182 Å². The molecule has 0 aliphatic rings. The van der Waals surface area contributed by atoms with E-state index in [1.807, 2.05) is 44.2 Å². The van der Waals surface area contributed by atoms with Crippen LogP contribution in [-0.2, 0) is 6.61 Å². The van der Waals surface area contributed by atoms with Gasteiger partial charge in [0.2, 0.25) is 0 Å². The molecule has 0 aliphatic carbocycles. The summed E-state index contributed by atoms with van der Waals surface area (Å²) in [5, 5.41) is 10.1. The summed E-state index contributed by atoms with van der Waals surface area (Å²) in [5.41, 5.74) is 2.01. The van der Waals surface area contributed by atoms with Crippen LogP contribution in [0.25, 0.3) is 6.08 Å². The van der Waals surface area contributed by atoms with Gasteiger partial charge in [0.05, 0.1) is 18.8 Å². The lowest BCUT2D eigenvalue weighted by Gasteiger charge is -2.12. The molecular formula is C26H26O5. The van der Waals surface area contributed by atoms with Crippen molar-refractivity contribution in [2.75, 3.05) is 13.2 Å². The molecular weight excluding hydrogens is 392 g/mol. The number of carbonyl (C=O) groups is 1. The zero-order chi connectivity index (χ0) is 22.1. The first-order valence-electron chi connectivity index (χ1n) is 10.2. The maximum absolute atomic E-state index is 12.8. The molecule has 0 radical (unpaired) electrons. The van der Waals surface area contributed by atoms with E-state index >= 15 is 0 Å². The Kier molecular flexibility index (Phi) is 7.71. The number of aromatic hydroxyl groups is 1. The van der Waals surface area contributed by atoms with Gasteiger partial charge in [-0.05, 0) is 55.8 Å². The van der Waals surface area contributed by atoms with Crippen LogP contribution >= 0.6 is 0 Å². The van der Waals surface area contributed by atoms with Crippen LogP contribution < -0.4 is 14.2 Å². The molecule has 160 valence electrons. The predicted octanol–water partition coefficient (Wildman–Crippen LogP) is 5.66. The second-order valence-corrected chi connectivity index (χ2v) is 6.72. The van der Waals surface area contributed by atoms with Gasteiger partial charge in [-0.2, -0.15) is 0 Å². The number of phenols is 1. The van der Waals surface area contributed by atoms with Crippen LogP contribution in [0.5, 0.6) is 23.0 Å².